The van der Waals surface area contributed by atoms with Crippen LogP contribution in [0.15, 0.2) is 39.5 Å². The van der Waals surface area contributed by atoms with Gasteiger partial charge in [0.1, 0.15) is 5.56 Å². The lowest BCUT2D eigenvalue weighted by Gasteiger charge is -2.09. The fourth-order valence-electron chi connectivity index (χ4n) is 3.72. The molecule has 7 heteroatoms. The van der Waals surface area contributed by atoms with Crippen molar-refractivity contribution >= 4 is 16.9 Å². The Hall–Kier alpha value is -3.09. The zero-order valence-corrected chi connectivity index (χ0v) is 16.3. The van der Waals surface area contributed by atoms with E-state index in [9.17, 15) is 9.59 Å². The highest BCUT2D eigenvalue weighted by atomic mass is 16.5. The lowest BCUT2D eigenvalue weighted by molar-refractivity contribution is 0.0948. The number of ether oxygens (including phenoxy) is 1. The normalized spacial score (nSPS) is 16.2. The molecule has 150 valence electrons. The second-order valence-corrected chi connectivity index (χ2v) is 7.85. The zero-order valence-electron chi connectivity index (χ0n) is 16.3. The topological polar surface area (TPSA) is 86.4 Å². The van der Waals surface area contributed by atoms with Crippen LogP contribution in [0.5, 0.6) is 5.75 Å². The third-order valence-electron chi connectivity index (χ3n) is 5.62. The standard InChI is InChI=1S/C22H23N3O4/c1-28-19-4-2-3-15-11-16(22(27)29-20(15)19)21(26)23-9-10-25-18(14-7-8-14)12-17(24-25)13-5-6-13/h2-4,11-14H,5-10H2,1H3,(H,23,26). The summed E-state index contributed by atoms with van der Waals surface area (Å²) in [5.74, 6) is 1.24. The second kappa shape index (κ2) is 7.06. The molecule has 2 aliphatic rings. The molecule has 3 aromatic rings. The van der Waals surface area contributed by atoms with Crippen molar-refractivity contribution in [1.29, 1.82) is 0 Å². The van der Waals surface area contributed by atoms with Gasteiger partial charge in [0.05, 0.1) is 19.3 Å². The third-order valence-corrected chi connectivity index (χ3v) is 5.62. The molecule has 1 amide bonds. The molecule has 0 radical (unpaired) electrons. The van der Waals surface area contributed by atoms with Gasteiger partial charge in [-0.05, 0) is 43.9 Å². The molecule has 2 fully saturated rings. The first-order chi connectivity index (χ1) is 14.1. The SMILES string of the molecule is COc1cccc2cc(C(=O)NCCn3nc(C4CC4)cc3C3CC3)c(=O)oc12. The molecule has 2 heterocycles. The number of carbonyl (C=O) groups excluding carboxylic acids is 1. The molecule has 0 saturated heterocycles. The minimum Gasteiger partial charge on any atom is -0.493 e. The predicted octanol–water partition coefficient (Wildman–Crippen LogP) is 3.18. The van der Waals surface area contributed by atoms with Crippen molar-refractivity contribution in [2.24, 2.45) is 0 Å². The molecule has 0 spiro atoms. The van der Waals surface area contributed by atoms with Crippen molar-refractivity contribution in [2.45, 2.75) is 44.1 Å². The molecule has 0 aliphatic heterocycles. The second-order valence-electron chi connectivity index (χ2n) is 7.85. The Labute approximate surface area is 167 Å². The molecule has 0 unspecified atom stereocenters. The number of para-hydroxylation sites is 1. The Morgan fingerprint density at radius 3 is 2.76 bits per heavy atom. The van der Waals surface area contributed by atoms with Crippen LogP contribution in [0.1, 0.15) is 59.3 Å². The van der Waals surface area contributed by atoms with Crippen molar-refractivity contribution < 1.29 is 13.9 Å². The first-order valence-electron chi connectivity index (χ1n) is 10.1. The molecule has 0 atom stereocenters. The van der Waals surface area contributed by atoms with Crippen molar-refractivity contribution in [3.63, 3.8) is 0 Å². The smallest absolute Gasteiger partial charge is 0.349 e. The fourth-order valence-corrected chi connectivity index (χ4v) is 3.72. The highest BCUT2D eigenvalue weighted by Crippen LogP contribution is 2.44. The summed E-state index contributed by atoms with van der Waals surface area (Å²) in [6.07, 6.45) is 4.87. The van der Waals surface area contributed by atoms with Gasteiger partial charge in [0.25, 0.3) is 5.91 Å². The summed E-state index contributed by atoms with van der Waals surface area (Å²) in [6, 6.07) is 9.07. The monoisotopic (exact) mass is 393 g/mol. The van der Waals surface area contributed by atoms with Crippen molar-refractivity contribution in [1.82, 2.24) is 15.1 Å². The summed E-state index contributed by atoms with van der Waals surface area (Å²) < 4.78 is 12.6. The number of rotatable bonds is 7. The van der Waals surface area contributed by atoms with E-state index in [2.05, 4.69) is 11.4 Å². The molecule has 0 bridgehead atoms. The number of aromatic nitrogens is 2. The van der Waals surface area contributed by atoms with Crippen LogP contribution in [0.25, 0.3) is 11.0 Å². The molecule has 1 aromatic carbocycles. The molecular formula is C22H23N3O4. The van der Waals surface area contributed by atoms with Gasteiger partial charge in [-0.25, -0.2) is 4.79 Å². The van der Waals surface area contributed by atoms with E-state index in [1.807, 2.05) is 4.68 Å². The summed E-state index contributed by atoms with van der Waals surface area (Å²) in [5.41, 5.74) is 2.12. The van der Waals surface area contributed by atoms with E-state index in [-0.39, 0.29) is 5.56 Å². The van der Waals surface area contributed by atoms with Gasteiger partial charge in [-0.1, -0.05) is 12.1 Å². The number of hydrogen-bond donors (Lipinski definition) is 1. The zero-order chi connectivity index (χ0) is 20.0. The highest BCUT2D eigenvalue weighted by molar-refractivity contribution is 5.97. The van der Waals surface area contributed by atoms with Gasteiger partial charge in [0.15, 0.2) is 11.3 Å². The first kappa shape index (κ1) is 18.0. The minimum absolute atomic E-state index is 0.00713. The van der Waals surface area contributed by atoms with Crippen LogP contribution >= 0.6 is 0 Å². The Bertz CT molecular complexity index is 1140. The molecule has 2 aromatic heterocycles. The Kier molecular flexibility index (Phi) is 4.38. The quantitative estimate of drug-likeness (QED) is 0.623. The van der Waals surface area contributed by atoms with E-state index in [0.29, 0.717) is 41.6 Å². The van der Waals surface area contributed by atoms with E-state index >= 15 is 0 Å². The average Bonchev–Trinajstić information content (AvgIpc) is 3.65. The minimum atomic E-state index is -0.673. The number of carbonyl (C=O) groups is 1. The summed E-state index contributed by atoms with van der Waals surface area (Å²) in [4.78, 5) is 24.9. The van der Waals surface area contributed by atoms with Gasteiger partial charge in [-0.3, -0.25) is 9.48 Å². The summed E-state index contributed by atoms with van der Waals surface area (Å²) in [7, 11) is 1.51. The summed E-state index contributed by atoms with van der Waals surface area (Å²) >= 11 is 0. The average molecular weight is 393 g/mol. The Morgan fingerprint density at radius 1 is 1.24 bits per heavy atom. The highest BCUT2D eigenvalue weighted by Gasteiger charge is 2.32. The first-order valence-corrected chi connectivity index (χ1v) is 10.1. The predicted molar refractivity (Wildman–Crippen MR) is 108 cm³/mol. The number of benzene rings is 1. The largest absolute Gasteiger partial charge is 0.493 e. The third kappa shape index (κ3) is 3.52. The maximum absolute atomic E-state index is 12.6. The molecule has 1 N–H and O–H groups in total. The molecule has 2 saturated carbocycles. The lowest BCUT2D eigenvalue weighted by atomic mass is 10.1. The molecule has 7 nitrogen and oxygen atoms in total. The van der Waals surface area contributed by atoms with Crippen molar-refractivity contribution in [3.05, 3.63) is 57.7 Å². The van der Waals surface area contributed by atoms with E-state index in [1.165, 1.54) is 44.2 Å². The van der Waals surface area contributed by atoms with Crippen LogP contribution < -0.4 is 15.7 Å². The molecule has 29 heavy (non-hydrogen) atoms. The van der Waals surface area contributed by atoms with Gasteiger partial charge in [-0.15, -0.1) is 0 Å². The molecular weight excluding hydrogens is 370 g/mol. The van der Waals surface area contributed by atoms with Crippen LogP contribution in [0.4, 0.5) is 0 Å². The number of fused-ring (bicyclic) bond motifs is 1. The van der Waals surface area contributed by atoms with E-state index in [0.717, 1.165) is 0 Å². The lowest BCUT2D eigenvalue weighted by Crippen LogP contribution is -2.31. The van der Waals surface area contributed by atoms with Crippen LogP contribution in [-0.2, 0) is 6.54 Å². The Balaban J connectivity index is 1.30. The summed E-state index contributed by atoms with van der Waals surface area (Å²) in [5, 5.41) is 8.23. The maximum atomic E-state index is 12.6. The van der Waals surface area contributed by atoms with Crippen LogP contribution in [0.3, 0.4) is 0 Å². The fraction of sp³-hybridized carbons (Fsp3) is 0.409. The van der Waals surface area contributed by atoms with Gasteiger partial charge >= 0.3 is 5.63 Å². The van der Waals surface area contributed by atoms with Gasteiger partial charge in [0.2, 0.25) is 0 Å². The number of nitrogens with one attached hydrogen (secondary N) is 1. The number of methoxy groups -OCH3 is 1. The van der Waals surface area contributed by atoms with Gasteiger partial charge in [0, 0.05) is 29.5 Å². The van der Waals surface area contributed by atoms with Crippen LogP contribution in [0.2, 0.25) is 0 Å². The number of amides is 1. The van der Waals surface area contributed by atoms with E-state index < -0.39 is 11.5 Å². The van der Waals surface area contributed by atoms with Crippen molar-refractivity contribution in [2.75, 3.05) is 13.7 Å². The maximum Gasteiger partial charge on any atom is 0.349 e. The summed E-state index contributed by atoms with van der Waals surface area (Å²) in [6.45, 7) is 0.997. The molecule has 2 aliphatic carbocycles. The number of nitrogens with zero attached hydrogens (tertiary/aromatic N) is 2. The van der Waals surface area contributed by atoms with Crippen LogP contribution in [0, 0.1) is 0 Å². The Morgan fingerprint density at radius 2 is 2.03 bits per heavy atom. The van der Waals surface area contributed by atoms with Gasteiger partial charge in [-0.2, -0.15) is 5.10 Å². The van der Waals surface area contributed by atoms with E-state index in [1.54, 1.807) is 24.3 Å². The molecule has 5 rings (SSSR count). The van der Waals surface area contributed by atoms with Crippen molar-refractivity contribution in [3.8, 4) is 5.75 Å². The number of hydrogen-bond acceptors (Lipinski definition) is 5. The van der Waals surface area contributed by atoms with Gasteiger partial charge < -0.3 is 14.5 Å². The van der Waals surface area contributed by atoms with E-state index in [4.69, 9.17) is 14.3 Å². The van der Waals surface area contributed by atoms with Crippen LogP contribution in [-0.4, -0.2) is 29.3 Å².